The highest BCUT2D eigenvalue weighted by atomic mass is 35.5. The van der Waals surface area contributed by atoms with E-state index in [0.29, 0.717) is 15.6 Å². The molecule has 0 aliphatic rings. The van der Waals surface area contributed by atoms with Gasteiger partial charge in [0.15, 0.2) is 0 Å². The molecule has 1 aromatic heterocycles. The van der Waals surface area contributed by atoms with E-state index in [2.05, 4.69) is 10.3 Å². The van der Waals surface area contributed by atoms with Crippen LogP contribution in [0.5, 0.6) is 0 Å². The van der Waals surface area contributed by atoms with Crippen LogP contribution >= 0.6 is 23.2 Å². The monoisotopic (exact) mass is 330 g/mol. The molecule has 0 bridgehead atoms. The number of hydrogen-bond acceptors (Lipinski definition) is 2. The average molecular weight is 331 g/mol. The summed E-state index contributed by atoms with van der Waals surface area (Å²) in [5.41, 5.74) is 2.88. The van der Waals surface area contributed by atoms with Gasteiger partial charge in [-0.1, -0.05) is 29.3 Å². The lowest BCUT2D eigenvalue weighted by Gasteiger charge is -2.08. The van der Waals surface area contributed by atoms with Crippen molar-refractivity contribution < 1.29 is 4.79 Å². The van der Waals surface area contributed by atoms with Crippen LogP contribution < -0.4 is 5.32 Å². The van der Waals surface area contributed by atoms with Crippen molar-refractivity contribution in [3.63, 3.8) is 0 Å². The Morgan fingerprint density at radius 1 is 1.09 bits per heavy atom. The van der Waals surface area contributed by atoms with Gasteiger partial charge in [0.1, 0.15) is 0 Å². The highest BCUT2D eigenvalue weighted by Gasteiger charge is 2.11. The van der Waals surface area contributed by atoms with Crippen LogP contribution in [0.15, 0.2) is 48.5 Å². The number of benzene rings is 2. The van der Waals surface area contributed by atoms with Crippen LogP contribution in [0.25, 0.3) is 22.2 Å². The molecule has 110 valence electrons. The third kappa shape index (κ3) is 2.65. The molecule has 2 aromatic carbocycles. The van der Waals surface area contributed by atoms with Crippen LogP contribution in [-0.4, -0.2) is 17.9 Å². The van der Waals surface area contributed by atoms with Crippen molar-refractivity contribution in [3.05, 3.63) is 64.1 Å². The molecule has 0 unspecified atom stereocenters. The molecule has 0 aliphatic heterocycles. The summed E-state index contributed by atoms with van der Waals surface area (Å²) < 4.78 is 0. The molecule has 0 spiro atoms. The van der Waals surface area contributed by atoms with Gasteiger partial charge < -0.3 is 5.32 Å². The highest BCUT2D eigenvalue weighted by Crippen LogP contribution is 2.30. The van der Waals surface area contributed by atoms with E-state index in [9.17, 15) is 4.79 Å². The summed E-state index contributed by atoms with van der Waals surface area (Å²) in [5.74, 6) is -0.135. The first-order chi connectivity index (χ1) is 10.6. The smallest absolute Gasteiger partial charge is 0.251 e. The van der Waals surface area contributed by atoms with Gasteiger partial charge in [0, 0.05) is 28.6 Å². The summed E-state index contributed by atoms with van der Waals surface area (Å²) in [6, 6.07) is 14.5. The molecule has 22 heavy (non-hydrogen) atoms. The Morgan fingerprint density at radius 3 is 2.64 bits per heavy atom. The summed E-state index contributed by atoms with van der Waals surface area (Å²) in [5, 5.41) is 4.56. The van der Waals surface area contributed by atoms with Gasteiger partial charge in [-0.3, -0.25) is 4.79 Å². The Balaban J connectivity index is 2.17. The lowest BCUT2D eigenvalue weighted by atomic mass is 10.1. The number of fused-ring (bicyclic) bond motifs is 1. The highest BCUT2D eigenvalue weighted by molar-refractivity contribution is 6.36. The second-order valence-electron chi connectivity index (χ2n) is 4.77. The third-order valence-electron chi connectivity index (χ3n) is 3.41. The fourth-order valence-electron chi connectivity index (χ4n) is 2.33. The maximum atomic E-state index is 11.9. The van der Waals surface area contributed by atoms with Crippen molar-refractivity contribution in [3.8, 4) is 11.3 Å². The molecule has 3 rings (SSSR count). The molecule has 1 heterocycles. The van der Waals surface area contributed by atoms with Crippen molar-refractivity contribution >= 4 is 40.0 Å². The quantitative estimate of drug-likeness (QED) is 0.747. The average Bonchev–Trinajstić information content (AvgIpc) is 2.53. The molecule has 3 aromatic rings. The zero-order chi connectivity index (χ0) is 15.7. The summed E-state index contributed by atoms with van der Waals surface area (Å²) >= 11 is 12.2. The van der Waals surface area contributed by atoms with Gasteiger partial charge in [-0.25, -0.2) is 4.98 Å². The molecule has 0 atom stereocenters. The number of nitrogens with zero attached hydrogens (tertiary/aromatic N) is 1. The van der Waals surface area contributed by atoms with Crippen LogP contribution in [0, 0.1) is 0 Å². The Labute approximate surface area is 137 Å². The molecular formula is C17H12Cl2N2O. The number of carbonyl (C=O) groups is 1. The first kappa shape index (κ1) is 14.8. The summed E-state index contributed by atoms with van der Waals surface area (Å²) in [6.07, 6.45) is 0. The predicted molar refractivity (Wildman–Crippen MR) is 90.6 cm³/mol. The number of amides is 1. The standard InChI is InChI=1S/C17H12Cl2N2O/c1-20-17(22)12-3-2-4-15-11(12)7-8-16(21-15)13-6-5-10(18)9-14(13)19/h2-9H,1H3,(H,20,22). The minimum Gasteiger partial charge on any atom is -0.355 e. The number of aromatic nitrogens is 1. The molecule has 1 N–H and O–H groups in total. The van der Waals surface area contributed by atoms with E-state index in [1.165, 1.54) is 0 Å². The lowest BCUT2D eigenvalue weighted by Crippen LogP contribution is -2.18. The Morgan fingerprint density at radius 2 is 1.91 bits per heavy atom. The molecule has 0 saturated carbocycles. The van der Waals surface area contributed by atoms with E-state index >= 15 is 0 Å². The fourth-order valence-corrected chi connectivity index (χ4v) is 2.84. The van der Waals surface area contributed by atoms with E-state index in [1.807, 2.05) is 30.3 Å². The zero-order valence-electron chi connectivity index (χ0n) is 11.7. The number of hydrogen-bond donors (Lipinski definition) is 1. The molecule has 0 aliphatic carbocycles. The number of halogens is 2. The van der Waals surface area contributed by atoms with Gasteiger partial charge in [-0.15, -0.1) is 0 Å². The minimum atomic E-state index is -0.135. The van der Waals surface area contributed by atoms with Crippen molar-refractivity contribution in [2.24, 2.45) is 0 Å². The maximum absolute atomic E-state index is 11.9. The summed E-state index contributed by atoms with van der Waals surface area (Å²) in [7, 11) is 1.61. The third-order valence-corrected chi connectivity index (χ3v) is 3.96. The van der Waals surface area contributed by atoms with Crippen molar-refractivity contribution in [2.75, 3.05) is 7.05 Å². The van der Waals surface area contributed by atoms with E-state index in [-0.39, 0.29) is 5.91 Å². The predicted octanol–water partition coefficient (Wildman–Crippen LogP) is 4.57. The molecule has 0 radical (unpaired) electrons. The van der Waals surface area contributed by atoms with Crippen LogP contribution in [0.1, 0.15) is 10.4 Å². The first-order valence-corrected chi connectivity index (χ1v) is 7.43. The number of nitrogens with one attached hydrogen (secondary N) is 1. The minimum absolute atomic E-state index is 0.135. The Hall–Kier alpha value is -2.10. The fraction of sp³-hybridized carbons (Fsp3) is 0.0588. The van der Waals surface area contributed by atoms with Gasteiger partial charge in [0.25, 0.3) is 5.91 Å². The van der Waals surface area contributed by atoms with Gasteiger partial charge in [0.05, 0.1) is 16.2 Å². The normalized spacial score (nSPS) is 10.7. The number of carbonyl (C=O) groups excluding carboxylic acids is 1. The number of pyridine rings is 1. The van der Waals surface area contributed by atoms with Crippen LogP contribution in [0.3, 0.4) is 0 Å². The molecule has 3 nitrogen and oxygen atoms in total. The second kappa shape index (κ2) is 5.95. The van der Waals surface area contributed by atoms with Crippen LogP contribution in [-0.2, 0) is 0 Å². The first-order valence-electron chi connectivity index (χ1n) is 6.67. The SMILES string of the molecule is CNC(=O)c1cccc2nc(-c3ccc(Cl)cc3Cl)ccc12. The largest absolute Gasteiger partial charge is 0.355 e. The Kier molecular flexibility index (Phi) is 4.01. The molecule has 5 heteroatoms. The topological polar surface area (TPSA) is 42.0 Å². The van der Waals surface area contributed by atoms with Gasteiger partial charge >= 0.3 is 0 Å². The van der Waals surface area contributed by atoms with E-state index in [0.717, 1.165) is 22.2 Å². The van der Waals surface area contributed by atoms with Crippen molar-refractivity contribution in [1.29, 1.82) is 0 Å². The second-order valence-corrected chi connectivity index (χ2v) is 5.62. The van der Waals surface area contributed by atoms with Gasteiger partial charge in [-0.05, 0) is 42.5 Å². The molecular weight excluding hydrogens is 319 g/mol. The maximum Gasteiger partial charge on any atom is 0.251 e. The van der Waals surface area contributed by atoms with E-state index in [4.69, 9.17) is 23.2 Å². The number of rotatable bonds is 2. The Bertz CT molecular complexity index is 878. The van der Waals surface area contributed by atoms with Crippen molar-refractivity contribution in [1.82, 2.24) is 10.3 Å². The van der Waals surface area contributed by atoms with Crippen LogP contribution in [0.2, 0.25) is 10.0 Å². The zero-order valence-corrected chi connectivity index (χ0v) is 13.2. The molecule has 0 fully saturated rings. The summed E-state index contributed by atoms with van der Waals surface area (Å²) in [6.45, 7) is 0. The van der Waals surface area contributed by atoms with Gasteiger partial charge in [0.2, 0.25) is 0 Å². The molecule has 1 amide bonds. The molecule has 0 saturated heterocycles. The summed E-state index contributed by atoms with van der Waals surface area (Å²) in [4.78, 5) is 16.5. The lowest BCUT2D eigenvalue weighted by molar-refractivity contribution is 0.0964. The van der Waals surface area contributed by atoms with Crippen LogP contribution in [0.4, 0.5) is 0 Å². The van der Waals surface area contributed by atoms with Gasteiger partial charge in [-0.2, -0.15) is 0 Å². The van der Waals surface area contributed by atoms with E-state index < -0.39 is 0 Å². The van der Waals surface area contributed by atoms with Crippen molar-refractivity contribution in [2.45, 2.75) is 0 Å². The van der Waals surface area contributed by atoms with E-state index in [1.54, 1.807) is 25.2 Å².